The summed E-state index contributed by atoms with van der Waals surface area (Å²) in [5.41, 5.74) is -1.56. The molecule has 1 aliphatic carbocycles. The van der Waals surface area contributed by atoms with Crippen molar-refractivity contribution in [2.75, 3.05) is 13.2 Å². The highest BCUT2D eigenvalue weighted by molar-refractivity contribution is 9.10. The average Bonchev–Trinajstić information content (AvgIpc) is 3.32. The van der Waals surface area contributed by atoms with E-state index in [0.717, 1.165) is 19.3 Å². The Morgan fingerprint density at radius 1 is 1.25 bits per heavy atom. The number of aromatic nitrogens is 4. The van der Waals surface area contributed by atoms with Gasteiger partial charge in [-0.05, 0) is 85.8 Å². The monoisotopic (exact) mass is 727 g/mol. The number of benzene rings is 1. The zero-order chi connectivity index (χ0) is 34.6. The summed E-state index contributed by atoms with van der Waals surface area (Å²) in [5.74, 6) is -1.58. The van der Waals surface area contributed by atoms with Crippen molar-refractivity contribution in [1.82, 2.24) is 35.7 Å². The highest BCUT2D eigenvalue weighted by Gasteiger charge is 2.61. The van der Waals surface area contributed by atoms with Crippen LogP contribution >= 0.6 is 15.9 Å². The molecule has 0 unspecified atom stereocenters. The number of tetrazole rings is 1. The zero-order valence-corrected chi connectivity index (χ0v) is 28.9. The Bertz CT molecular complexity index is 1590. The lowest BCUT2D eigenvalue weighted by molar-refractivity contribution is -0.145. The predicted molar refractivity (Wildman–Crippen MR) is 178 cm³/mol. The molecule has 15 heteroatoms. The van der Waals surface area contributed by atoms with E-state index >= 15 is 0 Å². The van der Waals surface area contributed by atoms with Gasteiger partial charge < -0.3 is 30.1 Å². The number of rotatable bonds is 7. The van der Waals surface area contributed by atoms with Crippen LogP contribution in [0.1, 0.15) is 71.8 Å². The molecule has 1 aromatic carbocycles. The molecule has 3 heterocycles. The number of amides is 3. The second-order valence-electron chi connectivity index (χ2n) is 13.4. The Morgan fingerprint density at radius 3 is 2.75 bits per heavy atom. The van der Waals surface area contributed by atoms with Gasteiger partial charge in [0.25, 0.3) is 0 Å². The highest BCUT2D eigenvalue weighted by atomic mass is 79.9. The first kappa shape index (κ1) is 35.0. The molecule has 3 amide bonds. The summed E-state index contributed by atoms with van der Waals surface area (Å²) in [6.45, 7) is 9.24. The van der Waals surface area contributed by atoms with Gasteiger partial charge in [0, 0.05) is 24.4 Å². The smallest absolute Gasteiger partial charge is 0.408 e. The van der Waals surface area contributed by atoms with Gasteiger partial charge in [-0.3, -0.25) is 9.59 Å². The second-order valence-corrected chi connectivity index (χ2v) is 14.3. The number of carbonyl (C=O) groups is 4. The Labute approximate surface area is 287 Å². The van der Waals surface area contributed by atoms with E-state index < -0.39 is 53.1 Å². The van der Waals surface area contributed by atoms with Gasteiger partial charge in [0.05, 0.1) is 10.5 Å². The molecule has 2 aliphatic heterocycles. The molecule has 1 saturated carbocycles. The van der Waals surface area contributed by atoms with E-state index in [0.29, 0.717) is 41.1 Å². The molecule has 2 aromatic rings. The third kappa shape index (κ3) is 8.05. The fourth-order valence-corrected chi connectivity index (χ4v) is 6.59. The number of ether oxygens (including phenoxy) is 2. The lowest BCUT2D eigenvalue weighted by atomic mass is 10.0. The van der Waals surface area contributed by atoms with Gasteiger partial charge in [-0.25, -0.2) is 9.59 Å². The molecule has 14 nitrogen and oxygen atoms in total. The lowest BCUT2D eigenvalue weighted by Crippen LogP contribution is -2.56. The summed E-state index contributed by atoms with van der Waals surface area (Å²) in [6.07, 6.45) is 8.46. The molecule has 3 N–H and O–H groups in total. The van der Waals surface area contributed by atoms with Crippen LogP contribution in [0.2, 0.25) is 0 Å². The van der Waals surface area contributed by atoms with Gasteiger partial charge in [-0.1, -0.05) is 37.6 Å². The minimum atomic E-state index is -1.44. The molecular formula is C33H42BrN7O7. The van der Waals surface area contributed by atoms with Crippen LogP contribution < -0.4 is 15.4 Å². The summed E-state index contributed by atoms with van der Waals surface area (Å²) in [6, 6.07) is 2.81. The molecule has 0 bridgehead atoms. The van der Waals surface area contributed by atoms with Gasteiger partial charge >= 0.3 is 12.1 Å². The molecule has 5 rings (SSSR count). The van der Waals surface area contributed by atoms with E-state index in [2.05, 4.69) is 48.6 Å². The SMILES string of the molecule is C=CCOc1ccc(-c2nnn([C@@H]3C[C@H]4C(=O)N[C@]5(C(=O)O)C[C@H]5/C=C\CCCCC[C@H](NC(=O)OC(C)(C)C)C(=O)N4C3)n2)cc1Br. The van der Waals surface area contributed by atoms with Crippen molar-refractivity contribution in [2.24, 2.45) is 5.92 Å². The third-order valence-corrected chi connectivity index (χ3v) is 9.25. The first-order valence-corrected chi connectivity index (χ1v) is 17.0. The van der Waals surface area contributed by atoms with Crippen LogP contribution in [0, 0.1) is 5.92 Å². The van der Waals surface area contributed by atoms with E-state index in [4.69, 9.17) is 9.47 Å². The second kappa shape index (κ2) is 14.5. The molecule has 0 spiro atoms. The number of carboxylic acid groups (broad SMARTS) is 1. The molecule has 0 radical (unpaired) electrons. The van der Waals surface area contributed by atoms with Crippen LogP contribution in [0.5, 0.6) is 5.75 Å². The fraction of sp³-hybridized carbons (Fsp3) is 0.545. The largest absolute Gasteiger partial charge is 0.488 e. The summed E-state index contributed by atoms with van der Waals surface area (Å²) in [5, 5.41) is 28.7. The van der Waals surface area contributed by atoms with Crippen LogP contribution in [0.3, 0.4) is 0 Å². The van der Waals surface area contributed by atoms with Crippen molar-refractivity contribution in [3.8, 4) is 17.1 Å². The first-order chi connectivity index (χ1) is 22.8. The number of fused-ring (bicyclic) bond motifs is 2. The number of hydrogen-bond donors (Lipinski definition) is 3. The maximum absolute atomic E-state index is 14.2. The fourth-order valence-electron chi connectivity index (χ4n) is 6.10. The first-order valence-electron chi connectivity index (χ1n) is 16.2. The van der Waals surface area contributed by atoms with Gasteiger partial charge in [0.15, 0.2) is 0 Å². The van der Waals surface area contributed by atoms with E-state index in [-0.39, 0.29) is 25.3 Å². The van der Waals surface area contributed by atoms with Crippen molar-refractivity contribution in [2.45, 2.75) is 95.0 Å². The highest BCUT2D eigenvalue weighted by Crippen LogP contribution is 2.45. The van der Waals surface area contributed by atoms with Crippen molar-refractivity contribution in [3.05, 3.63) is 47.5 Å². The van der Waals surface area contributed by atoms with Crippen LogP contribution in [0.15, 0.2) is 47.5 Å². The number of halogens is 1. The van der Waals surface area contributed by atoms with Gasteiger partial charge in [0.2, 0.25) is 17.6 Å². The molecular weight excluding hydrogens is 686 g/mol. The third-order valence-electron chi connectivity index (χ3n) is 8.63. The van der Waals surface area contributed by atoms with Gasteiger partial charge in [-0.15, -0.1) is 10.2 Å². The standard InChI is InChI=1S/C33H42BrN7O7/c1-5-15-47-26-14-13-20(16-23(26)34)27-37-39-41(38-27)22-17-25-28(42)36-33(30(44)45)18-21(33)11-9-7-6-8-10-12-24(29(43)40(25)19-22)35-31(46)48-32(2,3)4/h5,9,11,13-14,16,21-22,24-25H,1,6-8,10,12,15,17-19H2,2-4H3,(H,35,46)(H,36,42)(H,44,45)/b11-9-/t21-,22-,24+,25+,33-/m1/s1. The van der Waals surface area contributed by atoms with Crippen LogP contribution in [-0.4, -0.2) is 90.5 Å². The minimum Gasteiger partial charge on any atom is -0.488 e. The normalized spacial score (nSPS) is 27.0. The van der Waals surface area contributed by atoms with Crippen molar-refractivity contribution >= 4 is 39.8 Å². The predicted octanol–water partition coefficient (Wildman–Crippen LogP) is 4.18. The van der Waals surface area contributed by atoms with Crippen molar-refractivity contribution in [3.63, 3.8) is 0 Å². The Morgan fingerprint density at radius 2 is 2.04 bits per heavy atom. The lowest BCUT2D eigenvalue weighted by Gasteiger charge is -2.30. The number of carboxylic acids is 1. The molecule has 258 valence electrons. The van der Waals surface area contributed by atoms with Gasteiger partial charge in [0.1, 0.15) is 35.6 Å². The Balaban J connectivity index is 1.43. The van der Waals surface area contributed by atoms with Crippen LogP contribution in [0.4, 0.5) is 4.79 Å². The maximum Gasteiger partial charge on any atom is 0.408 e. The Kier molecular flexibility index (Phi) is 10.6. The van der Waals surface area contributed by atoms with E-state index in [1.54, 1.807) is 45.0 Å². The van der Waals surface area contributed by atoms with Crippen LogP contribution in [-0.2, 0) is 19.1 Å². The van der Waals surface area contributed by atoms with Crippen molar-refractivity contribution < 1.29 is 33.8 Å². The summed E-state index contributed by atoms with van der Waals surface area (Å²) >= 11 is 3.50. The summed E-state index contributed by atoms with van der Waals surface area (Å²) < 4.78 is 11.8. The number of hydrogen-bond acceptors (Lipinski definition) is 9. The average molecular weight is 729 g/mol. The number of allylic oxidation sites excluding steroid dienone is 1. The number of aliphatic carboxylic acids is 1. The molecule has 48 heavy (non-hydrogen) atoms. The maximum atomic E-state index is 14.2. The quantitative estimate of drug-likeness (QED) is 0.351. The molecule has 5 atom stereocenters. The van der Waals surface area contributed by atoms with E-state index in [1.807, 2.05) is 12.2 Å². The molecule has 1 saturated heterocycles. The molecule has 3 aliphatic rings. The number of alkyl carbamates (subject to hydrolysis) is 1. The van der Waals surface area contributed by atoms with Crippen molar-refractivity contribution in [1.29, 1.82) is 0 Å². The number of carbonyl (C=O) groups excluding carboxylic acids is 3. The number of nitrogens with one attached hydrogen (secondary N) is 2. The van der Waals surface area contributed by atoms with Gasteiger partial charge in [-0.2, -0.15) is 4.80 Å². The summed E-state index contributed by atoms with van der Waals surface area (Å²) in [4.78, 5) is 56.1. The minimum absolute atomic E-state index is 0.0423. The van der Waals surface area contributed by atoms with E-state index in [9.17, 15) is 24.3 Å². The zero-order valence-electron chi connectivity index (χ0n) is 27.4. The van der Waals surface area contributed by atoms with Crippen LogP contribution in [0.25, 0.3) is 11.4 Å². The Hall–Kier alpha value is -4.27. The molecule has 2 fully saturated rings. The number of nitrogens with zero attached hydrogens (tertiary/aromatic N) is 5. The molecule has 1 aromatic heterocycles. The summed E-state index contributed by atoms with van der Waals surface area (Å²) in [7, 11) is 0. The van der Waals surface area contributed by atoms with E-state index in [1.165, 1.54) is 9.70 Å². The topological polar surface area (TPSA) is 178 Å².